The van der Waals surface area contributed by atoms with Crippen LogP contribution in [0.1, 0.15) is 44.3 Å². The number of rotatable bonds is 4. The number of piperazine rings is 1. The van der Waals surface area contributed by atoms with E-state index in [9.17, 15) is 4.79 Å². The normalized spacial score (nSPS) is 18.2. The number of carbonyl (C=O) groups is 1. The zero-order valence-electron chi connectivity index (χ0n) is 17.1. The number of aryl methyl sites for hydroxylation is 1. The lowest BCUT2D eigenvalue weighted by atomic mass is 10.2. The first-order valence-corrected chi connectivity index (χ1v) is 9.91. The summed E-state index contributed by atoms with van der Waals surface area (Å²) in [5.74, 6) is 2.64. The van der Waals surface area contributed by atoms with Gasteiger partial charge in [-0.2, -0.15) is 0 Å². The molecule has 1 amide bonds. The predicted molar refractivity (Wildman–Crippen MR) is 118 cm³/mol. The van der Waals surface area contributed by atoms with Gasteiger partial charge in [-0.15, -0.1) is 34.2 Å². The smallest absolute Gasteiger partial charge is 0.409 e. The first-order chi connectivity index (χ1) is 13.1. The Labute approximate surface area is 183 Å². The van der Waals surface area contributed by atoms with Gasteiger partial charge < -0.3 is 24.4 Å². The number of carbonyl (C=O) groups excluding carboxylic acids is 1. The summed E-state index contributed by atoms with van der Waals surface area (Å²) in [4.78, 5) is 20.8. The van der Waals surface area contributed by atoms with Crippen LogP contribution in [0.2, 0.25) is 0 Å². The summed E-state index contributed by atoms with van der Waals surface area (Å²) < 4.78 is 7.08. The van der Waals surface area contributed by atoms with Crippen molar-refractivity contribution in [3.05, 3.63) is 11.6 Å². The van der Waals surface area contributed by atoms with Gasteiger partial charge in [0.15, 0.2) is 11.8 Å². The molecular formula is C18H32IN7O2. The Bertz CT molecular complexity index is 665. The maximum atomic E-state index is 11.9. The summed E-state index contributed by atoms with van der Waals surface area (Å²) in [5, 5.41) is 12.0. The van der Waals surface area contributed by atoms with Crippen molar-refractivity contribution in [2.75, 3.05) is 32.8 Å². The Kier molecular flexibility index (Phi) is 8.77. The molecule has 28 heavy (non-hydrogen) atoms. The summed E-state index contributed by atoms with van der Waals surface area (Å²) in [7, 11) is 1.96. The number of hydrogen-bond donors (Lipinski definition) is 1. The van der Waals surface area contributed by atoms with Crippen LogP contribution in [-0.4, -0.2) is 75.4 Å². The quantitative estimate of drug-likeness (QED) is 0.382. The SMILES string of the molecule is CCOC(=O)N1CCN(C(=NCc2nnc(C)n2C)NC2CCCC2)CC1.I. The molecule has 1 aliphatic carbocycles. The molecule has 1 saturated carbocycles. The minimum Gasteiger partial charge on any atom is -0.450 e. The van der Waals surface area contributed by atoms with Gasteiger partial charge in [0.25, 0.3) is 0 Å². The van der Waals surface area contributed by atoms with Gasteiger partial charge in [-0.1, -0.05) is 12.8 Å². The second-order valence-corrected chi connectivity index (χ2v) is 7.16. The lowest BCUT2D eigenvalue weighted by Gasteiger charge is -2.36. The molecule has 0 spiro atoms. The summed E-state index contributed by atoms with van der Waals surface area (Å²) in [6.45, 7) is 7.45. The van der Waals surface area contributed by atoms with E-state index in [0.29, 0.717) is 32.3 Å². The van der Waals surface area contributed by atoms with E-state index in [2.05, 4.69) is 20.4 Å². The van der Waals surface area contributed by atoms with E-state index in [1.165, 1.54) is 25.7 Å². The molecule has 0 radical (unpaired) electrons. The molecule has 1 aliphatic heterocycles. The zero-order chi connectivity index (χ0) is 19.2. The second kappa shape index (κ2) is 10.8. The number of guanidine groups is 1. The number of amides is 1. The van der Waals surface area contributed by atoms with E-state index in [1.807, 2.05) is 25.5 Å². The maximum absolute atomic E-state index is 11.9. The van der Waals surface area contributed by atoms with Gasteiger partial charge in [-0.25, -0.2) is 9.79 Å². The molecule has 0 unspecified atom stereocenters. The summed E-state index contributed by atoms with van der Waals surface area (Å²) in [6, 6.07) is 0.480. The number of nitrogens with one attached hydrogen (secondary N) is 1. The van der Waals surface area contributed by atoms with Crippen molar-refractivity contribution in [3.8, 4) is 0 Å². The molecule has 9 nitrogen and oxygen atoms in total. The van der Waals surface area contributed by atoms with Crippen LogP contribution in [0.15, 0.2) is 4.99 Å². The third-order valence-electron chi connectivity index (χ3n) is 5.35. The highest BCUT2D eigenvalue weighted by atomic mass is 127. The maximum Gasteiger partial charge on any atom is 0.409 e. The van der Waals surface area contributed by atoms with Crippen molar-refractivity contribution < 1.29 is 9.53 Å². The van der Waals surface area contributed by atoms with Crippen LogP contribution in [0, 0.1) is 6.92 Å². The molecule has 3 rings (SSSR count). The monoisotopic (exact) mass is 505 g/mol. The molecule has 10 heteroatoms. The lowest BCUT2D eigenvalue weighted by molar-refractivity contribution is 0.0913. The average Bonchev–Trinajstić information content (AvgIpc) is 3.30. The van der Waals surface area contributed by atoms with Gasteiger partial charge in [0, 0.05) is 39.3 Å². The number of nitrogens with zero attached hydrogens (tertiary/aromatic N) is 6. The van der Waals surface area contributed by atoms with E-state index in [4.69, 9.17) is 9.73 Å². The van der Waals surface area contributed by atoms with Gasteiger partial charge in [0.05, 0.1) is 6.61 Å². The van der Waals surface area contributed by atoms with Gasteiger partial charge in [0.1, 0.15) is 12.4 Å². The molecule has 1 aromatic rings. The van der Waals surface area contributed by atoms with Gasteiger partial charge >= 0.3 is 6.09 Å². The molecular weight excluding hydrogens is 473 g/mol. The van der Waals surface area contributed by atoms with E-state index in [-0.39, 0.29) is 30.1 Å². The Hall–Kier alpha value is -1.59. The Morgan fingerprint density at radius 1 is 1.18 bits per heavy atom. The standard InChI is InChI=1S/C18H31N7O2.HI/c1-4-27-18(26)25-11-9-24(10-12-25)17(20-15-7-5-6-8-15)19-13-16-22-21-14(2)23(16)3;/h15H,4-13H2,1-3H3,(H,19,20);1H. The summed E-state index contributed by atoms with van der Waals surface area (Å²) in [6.07, 6.45) is 4.68. The molecule has 0 atom stereocenters. The van der Waals surface area contributed by atoms with Gasteiger partial charge in [-0.3, -0.25) is 0 Å². The minimum absolute atomic E-state index is 0. The van der Waals surface area contributed by atoms with Crippen molar-refractivity contribution in [1.82, 2.24) is 29.9 Å². The molecule has 2 aliphatic rings. The van der Waals surface area contributed by atoms with Crippen molar-refractivity contribution in [2.45, 2.75) is 52.1 Å². The first-order valence-electron chi connectivity index (χ1n) is 9.91. The molecule has 0 aromatic carbocycles. The fourth-order valence-electron chi connectivity index (χ4n) is 3.54. The van der Waals surface area contributed by atoms with E-state index in [1.54, 1.807) is 4.90 Å². The largest absolute Gasteiger partial charge is 0.450 e. The van der Waals surface area contributed by atoms with Crippen LogP contribution in [-0.2, 0) is 18.3 Å². The van der Waals surface area contributed by atoms with Crippen molar-refractivity contribution in [2.24, 2.45) is 12.0 Å². The van der Waals surface area contributed by atoms with Crippen molar-refractivity contribution in [1.29, 1.82) is 0 Å². The summed E-state index contributed by atoms with van der Waals surface area (Å²) >= 11 is 0. The molecule has 1 saturated heterocycles. The molecule has 158 valence electrons. The lowest BCUT2D eigenvalue weighted by Crippen LogP contribution is -2.55. The molecule has 2 fully saturated rings. The topological polar surface area (TPSA) is 87.9 Å². The predicted octanol–water partition coefficient (Wildman–Crippen LogP) is 1.90. The first kappa shape index (κ1) is 22.7. The van der Waals surface area contributed by atoms with Crippen LogP contribution in [0.3, 0.4) is 0 Å². The van der Waals surface area contributed by atoms with Crippen molar-refractivity contribution in [3.63, 3.8) is 0 Å². The third-order valence-corrected chi connectivity index (χ3v) is 5.35. The Balaban J connectivity index is 0.00000280. The molecule has 1 N–H and O–H groups in total. The van der Waals surface area contributed by atoms with Gasteiger partial charge in [0.2, 0.25) is 0 Å². The number of aliphatic imine (C=N–C) groups is 1. The van der Waals surface area contributed by atoms with E-state index >= 15 is 0 Å². The molecule has 0 bridgehead atoms. The highest BCUT2D eigenvalue weighted by molar-refractivity contribution is 14.0. The summed E-state index contributed by atoms with van der Waals surface area (Å²) in [5.41, 5.74) is 0. The molecule has 1 aromatic heterocycles. The highest BCUT2D eigenvalue weighted by Gasteiger charge is 2.26. The Morgan fingerprint density at radius 2 is 1.82 bits per heavy atom. The van der Waals surface area contributed by atoms with Crippen LogP contribution >= 0.6 is 24.0 Å². The van der Waals surface area contributed by atoms with Crippen LogP contribution < -0.4 is 5.32 Å². The van der Waals surface area contributed by atoms with Crippen LogP contribution in [0.5, 0.6) is 0 Å². The third kappa shape index (κ3) is 5.71. The number of halogens is 1. The van der Waals surface area contributed by atoms with E-state index < -0.39 is 0 Å². The fourth-order valence-corrected chi connectivity index (χ4v) is 3.54. The fraction of sp³-hybridized carbons (Fsp3) is 0.778. The van der Waals surface area contributed by atoms with Crippen LogP contribution in [0.25, 0.3) is 0 Å². The zero-order valence-corrected chi connectivity index (χ0v) is 19.4. The minimum atomic E-state index is -0.228. The van der Waals surface area contributed by atoms with Gasteiger partial charge in [-0.05, 0) is 26.7 Å². The van der Waals surface area contributed by atoms with Crippen LogP contribution in [0.4, 0.5) is 4.79 Å². The number of aromatic nitrogens is 3. The highest BCUT2D eigenvalue weighted by Crippen LogP contribution is 2.18. The number of hydrogen-bond acceptors (Lipinski definition) is 5. The second-order valence-electron chi connectivity index (χ2n) is 7.16. The van der Waals surface area contributed by atoms with E-state index in [0.717, 1.165) is 30.7 Å². The van der Waals surface area contributed by atoms with Crippen molar-refractivity contribution >= 4 is 36.0 Å². The Morgan fingerprint density at radius 3 is 2.39 bits per heavy atom. The number of ether oxygens (including phenoxy) is 1. The average molecular weight is 505 g/mol. The molecule has 2 heterocycles.